The Morgan fingerprint density at radius 3 is 2.64 bits per heavy atom. The van der Waals surface area contributed by atoms with E-state index in [2.05, 4.69) is 0 Å². The highest BCUT2D eigenvalue weighted by Gasteiger charge is 2.43. The number of carbonyl (C=O) groups excluding carboxylic acids is 1. The molecule has 0 radical (unpaired) electrons. The second-order valence-electron chi connectivity index (χ2n) is 6.54. The van der Waals surface area contributed by atoms with Crippen LogP contribution in [-0.4, -0.2) is 35.8 Å². The topological polar surface area (TPSA) is 49.8 Å². The van der Waals surface area contributed by atoms with Gasteiger partial charge < -0.3 is 14.7 Å². The van der Waals surface area contributed by atoms with Gasteiger partial charge in [0.1, 0.15) is 6.61 Å². The summed E-state index contributed by atoms with van der Waals surface area (Å²) < 4.78 is 5.39. The first-order valence-electron chi connectivity index (χ1n) is 8.34. The molecular weight excluding hydrogens is 278 g/mol. The Kier molecular flexibility index (Phi) is 4.98. The number of ether oxygens (including phenoxy) is 1. The number of nitrogens with zero attached hydrogens (tertiary/aromatic N) is 1. The Bertz CT molecular complexity index is 482. The van der Waals surface area contributed by atoms with Crippen LogP contribution < -0.4 is 0 Å². The SMILES string of the molecule is O=C(OCc1ccccc1)N1CCC([C@@H]2C[C@@H]2CCO)CC1. The van der Waals surface area contributed by atoms with Gasteiger partial charge in [0, 0.05) is 19.7 Å². The molecule has 4 nitrogen and oxygen atoms in total. The summed E-state index contributed by atoms with van der Waals surface area (Å²) >= 11 is 0. The predicted molar refractivity (Wildman–Crippen MR) is 84.2 cm³/mol. The van der Waals surface area contributed by atoms with Crippen LogP contribution in [0, 0.1) is 17.8 Å². The molecule has 1 aliphatic heterocycles. The molecule has 1 saturated carbocycles. The summed E-state index contributed by atoms with van der Waals surface area (Å²) in [7, 11) is 0. The smallest absolute Gasteiger partial charge is 0.410 e. The molecule has 0 spiro atoms. The van der Waals surface area contributed by atoms with E-state index in [1.165, 1.54) is 6.42 Å². The molecule has 2 atom stereocenters. The lowest BCUT2D eigenvalue weighted by molar-refractivity contribution is 0.0795. The van der Waals surface area contributed by atoms with Crippen molar-refractivity contribution in [2.24, 2.45) is 17.8 Å². The zero-order chi connectivity index (χ0) is 15.4. The van der Waals surface area contributed by atoms with Crippen molar-refractivity contribution in [1.82, 2.24) is 4.90 Å². The summed E-state index contributed by atoms with van der Waals surface area (Å²) in [5, 5.41) is 8.99. The molecule has 1 heterocycles. The van der Waals surface area contributed by atoms with E-state index in [0.717, 1.165) is 55.7 Å². The van der Waals surface area contributed by atoms with Crippen LogP contribution in [0.15, 0.2) is 30.3 Å². The highest BCUT2D eigenvalue weighted by Crippen LogP contribution is 2.49. The van der Waals surface area contributed by atoms with E-state index in [1.54, 1.807) is 0 Å². The zero-order valence-electron chi connectivity index (χ0n) is 13.0. The second kappa shape index (κ2) is 7.14. The summed E-state index contributed by atoms with van der Waals surface area (Å²) in [6, 6.07) is 9.79. The molecule has 1 saturated heterocycles. The first kappa shape index (κ1) is 15.3. The Balaban J connectivity index is 1.39. The molecule has 0 aromatic heterocycles. The van der Waals surface area contributed by atoms with Crippen molar-refractivity contribution in [3.05, 3.63) is 35.9 Å². The molecular formula is C18H25NO3. The third-order valence-corrected chi connectivity index (χ3v) is 5.09. The normalized spacial score (nSPS) is 25.0. The van der Waals surface area contributed by atoms with E-state index >= 15 is 0 Å². The van der Waals surface area contributed by atoms with Gasteiger partial charge in [0.2, 0.25) is 0 Å². The lowest BCUT2D eigenvalue weighted by atomic mass is 9.91. The van der Waals surface area contributed by atoms with Crippen molar-refractivity contribution < 1.29 is 14.6 Å². The number of rotatable bonds is 5. The van der Waals surface area contributed by atoms with E-state index in [0.29, 0.717) is 13.2 Å². The molecule has 0 bridgehead atoms. The third-order valence-electron chi connectivity index (χ3n) is 5.09. The maximum absolute atomic E-state index is 12.1. The summed E-state index contributed by atoms with van der Waals surface area (Å²) in [6.45, 7) is 2.27. The van der Waals surface area contributed by atoms with E-state index < -0.39 is 0 Å². The highest BCUT2D eigenvalue weighted by atomic mass is 16.6. The van der Waals surface area contributed by atoms with Crippen LogP contribution in [0.3, 0.4) is 0 Å². The zero-order valence-corrected chi connectivity index (χ0v) is 13.0. The molecule has 0 unspecified atom stereocenters. The second-order valence-corrected chi connectivity index (χ2v) is 6.54. The fraction of sp³-hybridized carbons (Fsp3) is 0.611. The summed E-state index contributed by atoms with van der Waals surface area (Å²) in [5.74, 6) is 2.25. The van der Waals surface area contributed by atoms with Crippen molar-refractivity contribution in [3.63, 3.8) is 0 Å². The number of amides is 1. The average molecular weight is 303 g/mol. The van der Waals surface area contributed by atoms with Crippen LogP contribution in [-0.2, 0) is 11.3 Å². The van der Waals surface area contributed by atoms with Crippen molar-refractivity contribution in [2.45, 2.75) is 32.3 Å². The minimum Gasteiger partial charge on any atom is -0.445 e. The molecule has 2 aliphatic rings. The van der Waals surface area contributed by atoms with Crippen LogP contribution in [0.25, 0.3) is 0 Å². The maximum Gasteiger partial charge on any atom is 0.410 e. The van der Waals surface area contributed by atoms with Crippen molar-refractivity contribution in [1.29, 1.82) is 0 Å². The number of hydrogen-bond acceptors (Lipinski definition) is 3. The molecule has 3 rings (SSSR count). The molecule has 1 aliphatic carbocycles. The fourth-order valence-corrected chi connectivity index (χ4v) is 3.67. The Morgan fingerprint density at radius 1 is 1.23 bits per heavy atom. The molecule has 1 aromatic rings. The lowest BCUT2D eigenvalue weighted by Crippen LogP contribution is -2.39. The van der Waals surface area contributed by atoms with Crippen LogP contribution in [0.4, 0.5) is 4.79 Å². The quantitative estimate of drug-likeness (QED) is 0.909. The maximum atomic E-state index is 12.1. The minimum atomic E-state index is -0.190. The summed E-state index contributed by atoms with van der Waals surface area (Å²) in [5.41, 5.74) is 1.02. The van der Waals surface area contributed by atoms with E-state index in [4.69, 9.17) is 9.84 Å². The number of aliphatic hydroxyl groups is 1. The number of benzene rings is 1. The Hall–Kier alpha value is -1.55. The van der Waals surface area contributed by atoms with Crippen LogP contribution >= 0.6 is 0 Å². The van der Waals surface area contributed by atoms with E-state index in [1.807, 2.05) is 35.2 Å². The Morgan fingerprint density at radius 2 is 1.95 bits per heavy atom. The van der Waals surface area contributed by atoms with Gasteiger partial charge in [0.25, 0.3) is 0 Å². The first-order valence-corrected chi connectivity index (χ1v) is 8.34. The summed E-state index contributed by atoms with van der Waals surface area (Å²) in [6.07, 6.45) is 4.18. The average Bonchev–Trinajstić information content (AvgIpc) is 3.33. The van der Waals surface area contributed by atoms with Crippen molar-refractivity contribution >= 4 is 6.09 Å². The van der Waals surface area contributed by atoms with Gasteiger partial charge in [-0.05, 0) is 49.0 Å². The molecule has 2 fully saturated rings. The van der Waals surface area contributed by atoms with Crippen LogP contribution in [0.5, 0.6) is 0 Å². The van der Waals surface area contributed by atoms with Gasteiger partial charge in [-0.25, -0.2) is 4.79 Å². The van der Waals surface area contributed by atoms with E-state index in [9.17, 15) is 4.79 Å². The van der Waals surface area contributed by atoms with Gasteiger partial charge in [-0.15, -0.1) is 0 Å². The number of hydrogen-bond donors (Lipinski definition) is 1. The largest absolute Gasteiger partial charge is 0.445 e. The molecule has 1 aromatic carbocycles. The number of likely N-dealkylation sites (tertiary alicyclic amines) is 1. The van der Waals surface area contributed by atoms with Crippen LogP contribution in [0.2, 0.25) is 0 Å². The van der Waals surface area contributed by atoms with Crippen LogP contribution in [0.1, 0.15) is 31.2 Å². The lowest BCUT2D eigenvalue weighted by Gasteiger charge is -2.31. The van der Waals surface area contributed by atoms with Crippen molar-refractivity contribution in [2.75, 3.05) is 19.7 Å². The number of aliphatic hydroxyl groups excluding tert-OH is 1. The highest BCUT2D eigenvalue weighted by molar-refractivity contribution is 5.67. The van der Waals surface area contributed by atoms with Gasteiger partial charge in [0.15, 0.2) is 0 Å². The standard InChI is InChI=1S/C18H25NO3/c20-11-8-16-12-17(16)15-6-9-19(10-7-15)18(21)22-13-14-4-2-1-3-5-14/h1-5,15-17,20H,6-13H2/t16-,17-/m0/s1. The van der Waals surface area contributed by atoms with E-state index in [-0.39, 0.29) is 6.09 Å². The molecule has 1 N–H and O–H groups in total. The van der Waals surface area contributed by atoms with Gasteiger partial charge >= 0.3 is 6.09 Å². The monoisotopic (exact) mass is 303 g/mol. The third kappa shape index (κ3) is 3.80. The first-order chi connectivity index (χ1) is 10.8. The fourth-order valence-electron chi connectivity index (χ4n) is 3.67. The minimum absolute atomic E-state index is 0.190. The molecule has 4 heteroatoms. The van der Waals surface area contributed by atoms with Crippen molar-refractivity contribution in [3.8, 4) is 0 Å². The molecule has 120 valence electrons. The number of carbonyl (C=O) groups is 1. The van der Waals surface area contributed by atoms with Gasteiger partial charge in [-0.3, -0.25) is 0 Å². The van der Waals surface area contributed by atoms with Gasteiger partial charge in [-0.2, -0.15) is 0 Å². The van der Waals surface area contributed by atoms with Gasteiger partial charge in [-0.1, -0.05) is 30.3 Å². The Labute approximate surface area is 132 Å². The summed E-state index contributed by atoms with van der Waals surface area (Å²) in [4.78, 5) is 13.9. The molecule has 1 amide bonds. The number of piperidine rings is 1. The van der Waals surface area contributed by atoms with Gasteiger partial charge in [0.05, 0.1) is 0 Å². The predicted octanol–water partition coefficient (Wildman–Crippen LogP) is 3.05. The molecule has 22 heavy (non-hydrogen) atoms.